The van der Waals surface area contributed by atoms with E-state index in [2.05, 4.69) is 49.5 Å². The SMILES string of the molecule is [2H]c1c([2H])c(C(C)(C)C)c([2H])c([2H])c1-c1cc(Oc2ccc3c4ccccc4n(-c4cc(C(C)(C)C)ccn4)c3c2)cc([N+]2=C=[N+](c3ccccc3-c3cc(F)cc(F)c3)c3ccccc32)c1. The Balaban J connectivity index is 1.19. The molecule has 0 N–H and O–H groups in total. The number of halogens is 2. The molecule has 2 aromatic heterocycles. The lowest BCUT2D eigenvalue weighted by molar-refractivity contribution is 0.483. The highest BCUT2D eigenvalue weighted by Crippen LogP contribution is 2.43. The van der Waals surface area contributed by atoms with E-state index in [-0.39, 0.29) is 35.1 Å². The lowest BCUT2D eigenvalue weighted by atomic mass is 9.86. The van der Waals surface area contributed by atoms with Crippen LogP contribution in [0.5, 0.6) is 11.5 Å². The van der Waals surface area contributed by atoms with Crippen LogP contribution in [0.4, 0.5) is 31.5 Å². The van der Waals surface area contributed by atoms with Crippen LogP contribution in [0.2, 0.25) is 0 Å². The molecule has 9 aromatic rings. The molecule has 7 heteroatoms. The minimum absolute atomic E-state index is 0.106. The van der Waals surface area contributed by atoms with Crippen molar-refractivity contribution in [1.29, 1.82) is 0 Å². The molecule has 63 heavy (non-hydrogen) atoms. The van der Waals surface area contributed by atoms with Crippen LogP contribution in [-0.4, -0.2) is 15.6 Å². The smallest absolute Gasteiger partial charge is 0.457 e. The van der Waals surface area contributed by atoms with Gasteiger partial charge in [0.25, 0.3) is 11.4 Å². The third-order valence-corrected chi connectivity index (χ3v) is 11.4. The van der Waals surface area contributed by atoms with Crippen LogP contribution in [0.1, 0.15) is 58.2 Å². The Morgan fingerprint density at radius 2 is 1.21 bits per heavy atom. The second kappa shape index (κ2) is 15.2. The zero-order valence-corrected chi connectivity index (χ0v) is 35.8. The van der Waals surface area contributed by atoms with Crippen molar-refractivity contribution in [3.63, 3.8) is 0 Å². The number of fused-ring (bicyclic) bond motifs is 4. The molecule has 0 spiro atoms. The van der Waals surface area contributed by atoms with Gasteiger partial charge >= 0.3 is 6.01 Å². The molecular weight excluding hydrogens is 783 g/mol. The quantitative estimate of drug-likeness (QED) is 0.150. The minimum atomic E-state index is -0.692. The summed E-state index contributed by atoms with van der Waals surface area (Å²) in [5.41, 5.74) is 6.69. The second-order valence-corrected chi connectivity index (χ2v) is 17.9. The van der Waals surface area contributed by atoms with Gasteiger partial charge in [0.15, 0.2) is 0 Å². The average Bonchev–Trinajstić information content (AvgIpc) is 3.83. The van der Waals surface area contributed by atoms with Crippen LogP contribution in [-0.2, 0) is 10.8 Å². The first-order valence-corrected chi connectivity index (χ1v) is 20.9. The minimum Gasteiger partial charge on any atom is -0.457 e. The molecule has 0 aliphatic carbocycles. The third-order valence-electron chi connectivity index (χ3n) is 11.4. The van der Waals surface area contributed by atoms with Gasteiger partial charge in [-0.3, -0.25) is 4.57 Å². The van der Waals surface area contributed by atoms with Crippen molar-refractivity contribution in [2.45, 2.75) is 52.4 Å². The average molecular weight is 833 g/mol. The number of benzene rings is 7. The van der Waals surface area contributed by atoms with Gasteiger partial charge < -0.3 is 4.74 Å². The summed E-state index contributed by atoms with van der Waals surface area (Å²) in [6, 6.07) is 45.1. The van der Waals surface area contributed by atoms with E-state index in [1.54, 1.807) is 12.1 Å². The molecule has 0 bridgehead atoms. The van der Waals surface area contributed by atoms with Gasteiger partial charge in [-0.25, -0.2) is 13.8 Å². The van der Waals surface area contributed by atoms with Gasteiger partial charge in [0.1, 0.15) is 29.0 Å². The predicted molar refractivity (Wildman–Crippen MR) is 254 cm³/mol. The molecule has 5 nitrogen and oxygen atoms in total. The van der Waals surface area contributed by atoms with Gasteiger partial charge in [0, 0.05) is 53.4 Å². The fraction of sp³-hybridized carbons (Fsp3) is 0.143. The zero-order valence-electron chi connectivity index (χ0n) is 39.8. The summed E-state index contributed by atoms with van der Waals surface area (Å²) in [6.45, 7) is 12.2. The lowest BCUT2D eigenvalue weighted by Gasteiger charge is -2.20. The first-order chi connectivity index (χ1) is 32.0. The maximum atomic E-state index is 14.6. The Bertz CT molecular complexity index is 3550. The standard InChI is InChI=1S/C56H46F2N4O/c1-55(2,3)39-21-19-36(20-22-39)37-29-43(60-35-61(52-18-12-11-17-51(52)60)49-15-9-7-13-46(49)38-27-41(57)32-42(58)28-38)33-45(30-37)63-44-23-24-48-47-14-8-10-16-50(47)62(53(48)34-44)54-31-40(25-26-59-54)56(4,5)6/h7-34H,1-6H3/q+2/i19D,20D,21D,22D. The molecule has 308 valence electrons. The molecule has 3 heterocycles. The van der Waals surface area contributed by atoms with Crippen LogP contribution in [0.25, 0.3) is 49.9 Å². The third kappa shape index (κ3) is 7.41. The van der Waals surface area contributed by atoms with Crippen molar-refractivity contribution in [3.05, 3.63) is 193 Å². The zero-order chi connectivity index (χ0) is 47.1. The predicted octanol–water partition coefficient (Wildman–Crippen LogP) is 15.0. The summed E-state index contributed by atoms with van der Waals surface area (Å²) in [6.07, 6.45) is 1.84. The van der Waals surface area contributed by atoms with Crippen LogP contribution < -0.4 is 13.9 Å². The number of para-hydroxylation sites is 4. The number of rotatable bonds is 7. The number of pyridine rings is 1. The summed E-state index contributed by atoms with van der Waals surface area (Å²) in [4.78, 5) is 4.84. The van der Waals surface area contributed by atoms with Crippen molar-refractivity contribution < 1.29 is 19.0 Å². The van der Waals surface area contributed by atoms with E-state index in [0.29, 0.717) is 45.1 Å². The molecule has 1 aliphatic heterocycles. The van der Waals surface area contributed by atoms with Crippen molar-refractivity contribution >= 4 is 50.6 Å². The van der Waals surface area contributed by atoms with Gasteiger partial charge in [-0.15, -0.1) is 0 Å². The first kappa shape index (κ1) is 35.2. The maximum Gasteiger partial charge on any atom is 0.503 e. The Morgan fingerprint density at radius 3 is 1.94 bits per heavy atom. The summed E-state index contributed by atoms with van der Waals surface area (Å²) in [5.74, 6) is 0.272. The molecule has 0 amide bonds. The normalized spacial score (nSPS) is 13.6. The highest BCUT2D eigenvalue weighted by molar-refractivity contribution is 6.09. The topological polar surface area (TPSA) is 33.1 Å². The van der Waals surface area contributed by atoms with Crippen LogP contribution in [0.15, 0.2) is 170 Å². The number of ether oxygens (including phenoxy) is 1. The fourth-order valence-corrected chi connectivity index (χ4v) is 8.20. The summed E-state index contributed by atoms with van der Waals surface area (Å²) in [5, 5.41) is 2.08. The summed E-state index contributed by atoms with van der Waals surface area (Å²) in [7, 11) is 0. The Hall–Kier alpha value is -7.47. The highest BCUT2D eigenvalue weighted by Gasteiger charge is 2.38. The molecule has 10 rings (SSSR count). The Morgan fingerprint density at radius 1 is 0.556 bits per heavy atom. The van der Waals surface area contributed by atoms with Crippen LogP contribution in [0, 0.1) is 11.6 Å². The fourth-order valence-electron chi connectivity index (χ4n) is 8.20. The molecule has 0 radical (unpaired) electrons. The number of hydrogen-bond donors (Lipinski definition) is 0. The monoisotopic (exact) mass is 832 g/mol. The molecule has 0 saturated heterocycles. The van der Waals surface area contributed by atoms with E-state index in [0.717, 1.165) is 50.6 Å². The maximum absolute atomic E-state index is 14.6. The summed E-state index contributed by atoms with van der Waals surface area (Å²) < 4.78 is 78.8. The molecule has 0 fully saturated rings. The van der Waals surface area contributed by atoms with Crippen molar-refractivity contribution in [2.75, 3.05) is 0 Å². The van der Waals surface area contributed by atoms with E-state index in [1.165, 1.54) is 12.1 Å². The molecule has 0 unspecified atom stereocenters. The number of hydrogen-bond acceptors (Lipinski definition) is 2. The second-order valence-electron chi connectivity index (χ2n) is 17.9. The molecule has 1 aliphatic rings. The first-order valence-electron chi connectivity index (χ1n) is 22.9. The molecule has 0 atom stereocenters. The summed E-state index contributed by atoms with van der Waals surface area (Å²) >= 11 is 0. The van der Waals surface area contributed by atoms with E-state index >= 15 is 0 Å². The van der Waals surface area contributed by atoms with Crippen molar-refractivity contribution in [3.8, 4) is 39.6 Å². The Labute approximate surface area is 371 Å². The van der Waals surface area contributed by atoms with Gasteiger partial charge in [-0.2, -0.15) is 0 Å². The number of nitrogens with zero attached hydrogens (tertiary/aromatic N) is 4. The largest absolute Gasteiger partial charge is 0.503 e. The van der Waals surface area contributed by atoms with E-state index in [4.69, 9.17) is 12.5 Å². The van der Waals surface area contributed by atoms with Crippen molar-refractivity contribution in [2.24, 2.45) is 0 Å². The van der Waals surface area contributed by atoms with E-state index < -0.39 is 17.0 Å². The van der Waals surface area contributed by atoms with Gasteiger partial charge in [-0.05, 0) is 102 Å². The van der Waals surface area contributed by atoms with Gasteiger partial charge in [-0.1, -0.05) is 108 Å². The molecule has 7 aromatic carbocycles. The van der Waals surface area contributed by atoms with Gasteiger partial charge in [0.2, 0.25) is 11.4 Å². The lowest BCUT2D eigenvalue weighted by Crippen LogP contribution is -2.12. The van der Waals surface area contributed by atoms with Crippen molar-refractivity contribution in [1.82, 2.24) is 18.7 Å². The van der Waals surface area contributed by atoms with E-state index in [1.807, 2.05) is 127 Å². The van der Waals surface area contributed by atoms with Gasteiger partial charge in [0.05, 0.1) is 28.1 Å². The molecular formula is C56H46F2N4O+2. The molecule has 0 saturated carbocycles. The highest BCUT2D eigenvalue weighted by atomic mass is 19.1. The van der Waals surface area contributed by atoms with Crippen LogP contribution in [0.3, 0.4) is 0 Å². The van der Waals surface area contributed by atoms with E-state index in [9.17, 15) is 11.5 Å². The Kier molecular flexibility index (Phi) is 8.46. The number of aromatic nitrogens is 2. The van der Waals surface area contributed by atoms with Crippen LogP contribution >= 0.6 is 0 Å².